The minimum atomic E-state index is 0.0687. The Bertz CT molecular complexity index is 444. The Labute approximate surface area is 109 Å². The molecule has 2 bridgehead atoms. The molecular formula is C16H22N2. The fraction of sp³-hybridized carbons (Fsp3) is 0.688. The van der Waals surface area contributed by atoms with E-state index in [1.165, 1.54) is 37.7 Å². The van der Waals surface area contributed by atoms with Gasteiger partial charge in [-0.3, -0.25) is 4.98 Å². The van der Waals surface area contributed by atoms with E-state index in [-0.39, 0.29) is 5.54 Å². The highest BCUT2D eigenvalue weighted by Gasteiger charge is 2.58. The maximum Gasteiger partial charge on any atom is 0.0300 e. The van der Waals surface area contributed by atoms with E-state index in [0.29, 0.717) is 0 Å². The molecular weight excluding hydrogens is 220 g/mol. The summed E-state index contributed by atoms with van der Waals surface area (Å²) in [5, 5.41) is 0. The van der Waals surface area contributed by atoms with Crippen LogP contribution in [0.5, 0.6) is 0 Å². The van der Waals surface area contributed by atoms with Crippen molar-refractivity contribution < 1.29 is 0 Å². The summed E-state index contributed by atoms with van der Waals surface area (Å²) < 4.78 is 0. The first kappa shape index (κ1) is 11.0. The summed E-state index contributed by atoms with van der Waals surface area (Å²) >= 11 is 0. The van der Waals surface area contributed by atoms with Gasteiger partial charge in [0.15, 0.2) is 0 Å². The van der Waals surface area contributed by atoms with E-state index in [9.17, 15) is 0 Å². The molecule has 1 aromatic heterocycles. The standard InChI is InChI=1S/C16H22N2/c17-16(8-11-3-2-6-18-10-11)9-12-7-15(16)14-5-1-4-13(12)14/h2-3,6,10,12-15H,1,4-5,7-9,17H2. The van der Waals surface area contributed by atoms with Crippen molar-refractivity contribution in [3.05, 3.63) is 30.1 Å². The smallest absolute Gasteiger partial charge is 0.0300 e. The Morgan fingerprint density at radius 1 is 1.33 bits per heavy atom. The van der Waals surface area contributed by atoms with Crippen molar-refractivity contribution in [1.29, 1.82) is 0 Å². The van der Waals surface area contributed by atoms with Crippen LogP contribution >= 0.6 is 0 Å². The number of fused-ring (bicyclic) bond motifs is 5. The zero-order valence-corrected chi connectivity index (χ0v) is 10.9. The first-order chi connectivity index (χ1) is 8.76. The second-order valence-electron chi connectivity index (χ2n) is 6.84. The molecule has 0 saturated heterocycles. The van der Waals surface area contributed by atoms with Gasteiger partial charge in [0.25, 0.3) is 0 Å². The van der Waals surface area contributed by atoms with Gasteiger partial charge in [-0.15, -0.1) is 0 Å². The van der Waals surface area contributed by atoms with Gasteiger partial charge in [0.05, 0.1) is 0 Å². The van der Waals surface area contributed by atoms with Crippen LogP contribution in [0.3, 0.4) is 0 Å². The van der Waals surface area contributed by atoms with E-state index in [1.54, 1.807) is 0 Å². The maximum atomic E-state index is 6.80. The Kier molecular flexibility index (Phi) is 2.32. The molecule has 96 valence electrons. The van der Waals surface area contributed by atoms with Gasteiger partial charge in [-0.25, -0.2) is 0 Å². The molecule has 3 saturated carbocycles. The summed E-state index contributed by atoms with van der Waals surface area (Å²) in [5.74, 6) is 3.70. The summed E-state index contributed by atoms with van der Waals surface area (Å²) in [5.41, 5.74) is 8.19. The van der Waals surface area contributed by atoms with Gasteiger partial charge < -0.3 is 5.73 Å². The minimum absolute atomic E-state index is 0.0687. The van der Waals surface area contributed by atoms with E-state index < -0.39 is 0 Å². The monoisotopic (exact) mass is 242 g/mol. The average molecular weight is 242 g/mol. The molecule has 0 radical (unpaired) electrons. The molecule has 2 N–H and O–H groups in total. The topological polar surface area (TPSA) is 38.9 Å². The largest absolute Gasteiger partial charge is 0.325 e. The third-order valence-electron chi connectivity index (χ3n) is 5.94. The number of pyridine rings is 1. The third kappa shape index (κ3) is 1.48. The van der Waals surface area contributed by atoms with Gasteiger partial charge in [0.1, 0.15) is 0 Å². The number of hydrogen-bond donors (Lipinski definition) is 1. The van der Waals surface area contributed by atoms with Crippen molar-refractivity contribution >= 4 is 0 Å². The lowest BCUT2D eigenvalue weighted by Gasteiger charge is -2.40. The van der Waals surface area contributed by atoms with Gasteiger partial charge in [-0.2, -0.15) is 0 Å². The van der Waals surface area contributed by atoms with Crippen LogP contribution in [-0.4, -0.2) is 10.5 Å². The van der Waals surface area contributed by atoms with Crippen molar-refractivity contribution in [2.75, 3.05) is 0 Å². The molecule has 18 heavy (non-hydrogen) atoms. The number of hydrogen-bond acceptors (Lipinski definition) is 2. The molecule has 1 heterocycles. The summed E-state index contributed by atoms with van der Waals surface area (Å²) in [6, 6.07) is 4.21. The van der Waals surface area contributed by atoms with Crippen LogP contribution in [0.2, 0.25) is 0 Å². The Morgan fingerprint density at radius 2 is 2.22 bits per heavy atom. The van der Waals surface area contributed by atoms with Gasteiger partial charge >= 0.3 is 0 Å². The van der Waals surface area contributed by atoms with Gasteiger partial charge in [0, 0.05) is 17.9 Å². The predicted molar refractivity (Wildman–Crippen MR) is 71.9 cm³/mol. The lowest BCUT2D eigenvalue weighted by atomic mass is 9.69. The Balaban J connectivity index is 1.58. The summed E-state index contributed by atoms with van der Waals surface area (Å²) in [6.07, 6.45) is 11.9. The van der Waals surface area contributed by atoms with E-state index in [4.69, 9.17) is 5.73 Å². The highest BCUT2D eigenvalue weighted by molar-refractivity contribution is 5.19. The molecule has 3 aliphatic carbocycles. The molecule has 0 aliphatic heterocycles. The fourth-order valence-corrected chi connectivity index (χ4v) is 5.40. The van der Waals surface area contributed by atoms with Crippen LogP contribution in [0.1, 0.15) is 37.7 Å². The quantitative estimate of drug-likeness (QED) is 0.866. The van der Waals surface area contributed by atoms with Crippen LogP contribution < -0.4 is 5.73 Å². The van der Waals surface area contributed by atoms with Crippen LogP contribution in [0, 0.1) is 23.7 Å². The molecule has 0 spiro atoms. The zero-order chi connectivity index (χ0) is 12.2. The van der Waals surface area contributed by atoms with Crippen LogP contribution in [0.15, 0.2) is 24.5 Å². The molecule has 5 atom stereocenters. The van der Waals surface area contributed by atoms with Crippen molar-refractivity contribution in [3.63, 3.8) is 0 Å². The molecule has 2 heteroatoms. The van der Waals surface area contributed by atoms with Crippen LogP contribution in [-0.2, 0) is 6.42 Å². The maximum absolute atomic E-state index is 6.80. The summed E-state index contributed by atoms with van der Waals surface area (Å²) in [4.78, 5) is 4.23. The van der Waals surface area contributed by atoms with E-state index in [2.05, 4.69) is 11.1 Å². The molecule has 1 aromatic rings. The second kappa shape index (κ2) is 3.80. The van der Waals surface area contributed by atoms with E-state index >= 15 is 0 Å². The molecule has 5 unspecified atom stereocenters. The van der Waals surface area contributed by atoms with Gasteiger partial charge in [0.2, 0.25) is 0 Å². The number of rotatable bonds is 2. The molecule has 0 aromatic carbocycles. The molecule has 2 nitrogen and oxygen atoms in total. The van der Waals surface area contributed by atoms with Crippen molar-refractivity contribution in [2.45, 2.75) is 44.1 Å². The molecule has 0 amide bonds. The van der Waals surface area contributed by atoms with Crippen molar-refractivity contribution in [3.8, 4) is 0 Å². The van der Waals surface area contributed by atoms with E-state index in [1.807, 2.05) is 18.5 Å². The molecule has 3 fully saturated rings. The first-order valence-corrected chi connectivity index (χ1v) is 7.44. The average Bonchev–Trinajstić information content (AvgIpc) is 3.00. The highest BCUT2D eigenvalue weighted by atomic mass is 14.8. The molecule has 4 rings (SSSR count). The first-order valence-electron chi connectivity index (χ1n) is 7.44. The van der Waals surface area contributed by atoms with Gasteiger partial charge in [-0.05, 0) is 67.4 Å². The lowest BCUT2D eigenvalue weighted by Crippen LogP contribution is -2.50. The van der Waals surface area contributed by atoms with Crippen molar-refractivity contribution in [2.24, 2.45) is 29.4 Å². The fourth-order valence-electron chi connectivity index (χ4n) is 5.40. The van der Waals surface area contributed by atoms with Crippen LogP contribution in [0.25, 0.3) is 0 Å². The number of nitrogens with zero attached hydrogens (tertiary/aromatic N) is 1. The normalized spacial score (nSPS) is 45.4. The lowest BCUT2D eigenvalue weighted by molar-refractivity contribution is 0.156. The van der Waals surface area contributed by atoms with Crippen molar-refractivity contribution in [1.82, 2.24) is 4.98 Å². The van der Waals surface area contributed by atoms with E-state index in [0.717, 1.165) is 30.1 Å². The summed E-state index contributed by atoms with van der Waals surface area (Å²) in [7, 11) is 0. The number of nitrogens with two attached hydrogens (primary N) is 1. The third-order valence-corrected chi connectivity index (χ3v) is 5.94. The number of aromatic nitrogens is 1. The predicted octanol–water partition coefficient (Wildman–Crippen LogP) is 2.78. The minimum Gasteiger partial charge on any atom is -0.325 e. The highest BCUT2D eigenvalue weighted by Crippen LogP contribution is 2.62. The zero-order valence-electron chi connectivity index (χ0n) is 10.9. The molecule has 3 aliphatic rings. The summed E-state index contributed by atoms with van der Waals surface area (Å²) in [6.45, 7) is 0. The second-order valence-corrected chi connectivity index (χ2v) is 6.84. The Morgan fingerprint density at radius 3 is 3.06 bits per heavy atom. The Hall–Kier alpha value is -0.890. The SMILES string of the molecule is NC1(Cc2cccnc2)CC2CC1C1CCCC21. The van der Waals surface area contributed by atoms with Crippen LogP contribution in [0.4, 0.5) is 0 Å². The van der Waals surface area contributed by atoms with Gasteiger partial charge in [-0.1, -0.05) is 12.5 Å².